The quantitative estimate of drug-likeness (QED) is 0.829. The fraction of sp³-hybridized carbons (Fsp3) is 0.278. The second-order valence-corrected chi connectivity index (χ2v) is 6.54. The van der Waals surface area contributed by atoms with Crippen LogP contribution in [0.15, 0.2) is 46.9 Å². The van der Waals surface area contributed by atoms with Gasteiger partial charge in [-0.25, -0.2) is 0 Å². The topological polar surface area (TPSA) is 38.3 Å². The van der Waals surface area contributed by atoms with E-state index in [9.17, 15) is 4.79 Å². The summed E-state index contributed by atoms with van der Waals surface area (Å²) in [5.41, 5.74) is 2.78. The summed E-state index contributed by atoms with van der Waals surface area (Å²) < 4.78 is 6.94. The van der Waals surface area contributed by atoms with Crippen LogP contribution in [-0.4, -0.2) is 25.0 Å². The molecule has 2 aromatic carbocycles. The van der Waals surface area contributed by atoms with E-state index < -0.39 is 0 Å². The Morgan fingerprint density at radius 2 is 2.09 bits per heavy atom. The number of Topliss-reactive ketones (excluding diaryl/α,β-unsaturated/α-hetero) is 1. The maximum atomic E-state index is 12.5. The monoisotopic (exact) mass is 359 g/mol. The van der Waals surface area contributed by atoms with E-state index >= 15 is 0 Å². The molecule has 1 saturated heterocycles. The SMILES string of the molecule is Cc1cccc(C(=O)Cc2ccc(Br)cc2OC2CNC2)c1. The molecule has 0 bridgehead atoms. The molecular formula is C18H18BrNO2. The lowest BCUT2D eigenvalue weighted by Crippen LogP contribution is -2.50. The number of hydrogen-bond acceptors (Lipinski definition) is 3. The average molecular weight is 360 g/mol. The normalized spacial score (nSPS) is 14.5. The van der Waals surface area contributed by atoms with Gasteiger partial charge in [0.05, 0.1) is 0 Å². The second-order valence-electron chi connectivity index (χ2n) is 5.62. The molecule has 1 aliphatic heterocycles. The van der Waals surface area contributed by atoms with Crippen LogP contribution in [0.2, 0.25) is 0 Å². The van der Waals surface area contributed by atoms with Crippen LogP contribution in [0, 0.1) is 6.92 Å². The van der Waals surface area contributed by atoms with Gasteiger partial charge in [-0.2, -0.15) is 0 Å². The minimum Gasteiger partial charge on any atom is -0.487 e. The van der Waals surface area contributed by atoms with Gasteiger partial charge in [-0.1, -0.05) is 45.8 Å². The Morgan fingerprint density at radius 3 is 2.77 bits per heavy atom. The summed E-state index contributed by atoms with van der Waals surface area (Å²) in [4.78, 5) is 12.5. The van der Waals surface area contributed by atoms with Gasteiger partial charge in [0.1, 0.15) is 11.9 Å². The second kappa shape index (κ2) is 6.63. The first-order valence-corrected chi connectivity index (χ1v) is 8.17. The number of ketones is 1. The van der Waals surface area contributed by atoms with Crippen LogP contribution in [0.4, 0.5) is 0 Å². The van der Waals surface area contributed by atoms with Crippen molar-refractivity contribution in [3.05, 3.63) is 63.6 Å². The third-order valence-electron chi connectivity index (χ3n) is 3.76. The number of benzene rings is 2. The zero-order valence-corrected chi connectivity index (χ0v) is 14.0. The smallest absolute Gasteiger partial charge is 0.167 e. The molecule has 22 heavy (non-hydrogen) atoms. The standard InChI is InChI=1S/C18H18BrNO2/c1-12-3-2-4-13(7-12)17(21)8-14-5-6-15(19)9-18(14)22-16-10-20-11-16/h2-7,9,16,20H,8,10-11H2,1H3. The number of rotatable bonds is 5. The summed E-state index contributed by atoms with van der Waals surface area (Å²) in [6.45, 7) is 3.71. The van der Waals surface area contributed by atoms with E-state index in [1.54, 1.807) is 0 Å². The fourth-order valence-corrected chi connectivity index (χ4v) is 2.74. The number of nitrogens with one attached hydrogen (secondary N) is 1. The van der Waals surface area contributed by atoms with Crippen LogP contribution >= 0.6 is 15.9 Å². The highest BCUT2D eigenvalue weighted by molar-refractivity contribution is 9.10. The predicted molar refractivity (Wildman–Crippen MR) is 90.6 cm³/mol. The summed E-state index contributed by atoms with van der Waals surface area (Å²) in [6.07, 6.45) is 0.550. The van der Waals surface area contributed by atoms with E-state index in [2.05, 4.69) is 21.2 Å². The third-order valence-corrected chi connectivity index (χ3v) is 4.25. The molecule has 3 rings (SSSR count). The molecular weight excluding hydrogens is 342 g/mol. The minimum absolute atomic E-state index is 0.114. The molecule has 1 heterocycles. The minimum atomic E-state index is 0.114. The van der Waals surface area contributed by atoms with Crippen LogP contribution in [-0.2, 0) is 6.42 Å². The Hall–Kier alpha value is -1.65. The molecule has 3 nitrogen and oxygen atoms in total. The summed E-state index contributed by atoms with van der Waals surface area (Å²) in [6, 6.07) is 13.6. The van der Waals surface area contributed by atoms with Crippen LogP contribution in [0.25, 0.3) is 0 Å². The number of ether oxygens (including phenoxy) is 1. The lowest BCUT2D eigenvalue weighted by atomic mass is 10.0. The molecule has 1 N–H and O–H groups in total. The van der Waals surface area contributed by atoms with Crippen molar-refractivity contribution in [1.29, 1.82) is 0 Å². The van der Waals surface area contributed by atoms with Crippen molar-refractivity contribution in [3.63, 3.8) is 0 Å². The van der Waals surface area contributed by atoms with Crippen LogP contribution in [0.1, 0.15) is 21.5 Å². The molecule has 0 aliphatic carbocycles. The zero-order chi connectivity index (χ0) is 15.5. The Labute approximate surface area is 138 Å². The molecule has 114 valence electrons. The van der Waals surface area contributed by atoms with Gasteiger partial charge in [0.2, 0.25) is 0 Å². The van der Waals surface area contributed by atoms with E-state index in [0.717, 1.165) is 40.0 Å². The van der Waals surface area contributed by atoms with Gasteiger partial charge in [-0.3, -0.25) is 4.79 Å². The molecule has 4 heteroatoms. The van der Waals surface area contributed by atoms with Crippen molar-refractivity contribution in [1.82, 2.24) is 5.32 Å². The van der Waals surface area contributed by atoms with Gasteiger partial charge in [0.15, 0.2) is 5.78 Å². The Kier molecular flexibility index (Phi) is 4.60. The lowest BCUT2D eigenvalue weighted by molar-refractivity contribution is 0.0988. The zero-order valence-electron chi connectivity index (χ0n) is 12.4. The highest BCUT2D eigenvalue weighted by atomic mass is 79.9. The highest BCUT2D eigenvalue weighted by Crippen LogP contribution is 2.26. The Bertz CT molecular complexity index is 695. The molecule has 0 saturated carbocycles. The van der Waals surface area contributed by atoms with Crippen molar-refractivity contribution in [3.8, 4) is 5.75 Å². The van der Waals surface area contributed by atoms with E-state index in [1.807, 2.05) is 49.4 Å². The molecule has 1 aliphatic rings. The Morgan fingerprint density at radius 1 is 1.27 bits per heavy atom. The maximum absolute atomic E-state index is 12.5. The van der Waals surface area contributed by atoms with Crippen LogP contribution < -0.4 is 10.1 Å². The predicted octanol–water partition coefficient (Wildman–Crippen LogP) is 3.53. The first-order valence-electron chi connectivity index (χ1n) is 7.37. The molecule has 0 unspecified atom stereocenters. The summed E-state index contributed by atoms with van der Waals surface area (Å²) in [5.74, 6) is 0.907. The van der Waals surface area contributed by atoms with Crippen molar-refractivity contribution < 1.29 is 9.53 Å². The third kappa shape index (κ3) is 3.57. The van der Waals surface area contributed by atoms with E-state index in [0.29, 0.717) is 6.42 Å². The number of carbonyl (C=O) groups excluding carboxylic acids is 1. The first-order chi connectivity index (χ1) is 10.6. The van der Waals surface area contributed by atoms with E-state index in [-0.39, 0.29) is 11.9 Å². The van der Waals surface area contributed by atoms with Crippen LogP contribution in [0.5, 0.6) is 5.75 Å². The van der Waals surface area contributed by atoms with Crippen molar-refractivity contribution in [2.45, 2.75) is 19.4 Å². The largest absolute Gasteiger partial charge is 0.487 e. The van der Waals surface area contributed by atoms with Crippen molar-refractivity contribution in [2.24, 2.45) is 0 Å². The van der Waals surface area contributed by atoms with Gasteiger partial charge in [0.25, 0.3) is 0 Å². The average Bonchev–Trinajstić information content (AvgIpc) is 2.45. The number of carbonyl (C=O) groups is 1. The summed E-state index contributed by atoms with van der Waals surface area (Å²) in [7, 11) is 0. The number of halogens is 1. The van der Waals surface area contributed by atoms with Gasteiger partial charge in [-0.05, 0) is 25.1 Å². The summed E-state index contributed by atoms with van der Waals surface area (Å²) in [5, 5.41) is 3.18. The Balaban J connectivity index is 1.80. The first kappa shape index (κ1) is 15.3. The molecule has 0 aromatic heterocycles. The van der Waals surface area contributed by atoms with Crippen molar-refractivity contribution >= 4 is 21.7 Å². The molecule has 0 spiro atoms. The number of aryl methyl sites for hydroxylation is 1. The molecule has 0 atom stereocenters. The lowest BCUT2D eigenvalue weighted by Gasteiger charge is -2.28. The number of hydrogen-bond donors (Lipinski definition) is 1. The van der Waals surface area contributed by atoms with Crippen LogP contribution in [0.3, 0.4) is 0 Å². The van der Waals surface area contributed by atoms with E-state index in [4.69, 9.17) is 4.74 Å². The fourth-order valence-electron chi connectivity index (χ4n) is 2.40. The molecule has 2 aromatic rings. The highest BCUT2D eigenvalue weighted by Gasteiger charge is 2.20. The van der Waals surface area contributed by atoms with E-state index in [1.165, 1.54) is 0 Å². The van der Waals surface area contributed by atoms with Gasteiger partial charge >= 0.3 is 0 Å². The molecule has 0 radical (unpaired) electrons. The van der Waals surface area contributed by atoms with Gasteiger partial charge < -0.3 is 10.1 Å². The van der Waals surface area contributed by atoms with Gasteiger partial charge in [-0.15, -0.1) is 0 Å². The van der Waals surface area contributed by atoms with Crippen molar-refractivity contribution in [2.75, 3.05) is 13.1 Å². The maximum Gasteiger partial charge on any atom is 0.167 e. The molecule has 1 fully saturated rings. The molecule has 0 amide bonds. The summed E-state index contributed by atoms with van der Waals surface area (Å²) >= 11 is 3.47. The van der Waals surface area contributed by atoms with Gasteiger partial charge in [0, 0.05) is 35.1 Å².